The Labute approximate surface area is 170 Å². The molecular weight excluding hydrogens is 395 g/mol. The van der Waals surface area contributed by atoms with Gasteiger partial charge in [-0.15, -0.1) is 0 Å². The molecule has 0 saturated carbocycles. The molecule has 1 heterocycles. The molecule has 0 aliphatic carbocycles. The van der Waals surface area contributed by atoms with Gasteiger partial charge in [-0.05, 0) is 56.2 Å². The van der Waals surface area contributed by atoms with E-state index in [2.05, 4.69) is 5.32 Å². The molecule has 1 aromatic heterocycles. The maximum atomic E-state index is 13.4. The highest BCUT2D eigenvalue weighted by atomic mass is 19.1. The lowest BCUT2D eigenvalue weighted by atomic mass is 10.0. The number of aryl methyl sites for hydroxylation is 2. The van der Waals surface area contributed by atoms with Crippen molar-refractivity contribution in [1.82, 2.24) is 0 Å². The first-order valence-electron chi connectivity index (χ1n) is 9.07. The highest BCUT2D eigenvalue weighted by Crippen LogP contribution is 2.26. The fourth-order valence-electron chi connectivity index (χ4n) is 2.90. The predicted molar refractivity (Wildman–Crippen MR) is 107 cm³/mol. The van der Waals surface area contributed by atoms with E-state index in [1.807, 2.05) is 26.0 Å². The Morgan fingerprint density at radius 3 is 2.63 bits per heavy atom. The van der Waals surface area contributed by atoms with E-state index in [1.165, 1.54) is 19.3 Å². The normalized spacial score (nSPS) is 11.9. The van der Waals surface area contributed by atoms with Gasteiger partial charge < -0.3 is 14.5 Å². The van der Waals surface area contributed by atoms with Gasteiger partial charge >= 0.3 is 11.7 Å². The number of amides is 1. The number of nitrogens with one attached hydrogen (secondary N) is 1. The average molecular weight is 414 g/mol. The van der Waals surface area contributed by atoms with E-state index < -0.39 is 34.4 Å². The number of hydrogen-bond donors (Lipinski definition) is 1. The van der Waals surface area contributed by atoms with Crippen LogP contribution in [0.25, 0.3) is 11.0 Å². The molecule has 0 radical (unpaired) electrons. The standard InChI is InChI=1S/C21H19FN2O6/c1-11-6-16-14(10-29-19(16)7-12(11)2)8-20(25)30-13(3)21(26)23-15-4-5-17(22)18(9-15)24(27)28/h4-7,9-10,13H,8H2,1-3H3,(H,23,26). The summed E-state index contributed by atoms with van der Waals surface area (Å²) in [6.07, 6.45) is 0.228. The van der Waals surface area contributed by atoms with Gasteiger partial charge in [0.1, 0.15) is 5.58 Å². The van der Waals surface area contributed by atoms with Crippen molar-refractivity contribution in [2.75, 3.05) is 5.32 Å². The summed E-state index contributed by atoms with van der Waals surface area (Å²) in [6.45, 7) is 5.28. The second-order valence-corrected chi connectivity index (χ2v) is 6.91. The average Bonchev–Trinajstić information content (AvgIpc) is 3.04. The molecule has 3 rings (SSSR count). The van der Waals surface area contributed by atoms with Gasteiger partial charge in [-0.2, -0.15) is 4.39 Å². The Hall–Kier alpha value is -3.75. The maximum Gasteiger partial charge on any atom is 0.311 e. The quantitative estimate of drug-likeness (QED) is 0.367. The maximum absolute atomic E-state index is 13.4. The summed E-state index contributed by atoms with van der Waals surface area (Å²) in [6, 6.07) is 6.75. The lowest BCUT2D eigenvalue weighted by Gasteiger charge is -2.13. The van der Waals surface area contributed by atoms with Gasteiger partial charge in [0, 0.05) is 22.7 Å². The molecule has 0 fully saturated rings. The fraction of sp³-hybridized carbons (Fsp3) is 0.238. The van der Waals surface area contributed by atoms with E-state index in [-0.39, 0.29) is 12.1 Å². The number of carbonyl (C=O) groups is 2. The van der Waals surface area contributed by atoms with Gasteiger partial charge in [0.25, 0.3) is 5.91 Å². The molecule has 0 saturated heterocycles. The molecule has 0 aliphatic rings. The van der Waals surface area contributed by atoms with Crippen molar-refractivity contribution in [2.24, 2.45) is 0 Å². The van der Waals surface area contributed by atoms with Gasteiger partial charge in [0.15, 0.2) is 6.10 Å². The Morgan fingerprint density at radius 1 is 1.23 bits per heavy atom. The van der Waals surface area contributed by atoms with Gasteiger partial charge in [0.05, 0.1) is 17.6 Å². The summed E-state index contributed by atoms with van der Waals surface area (Å²) in [5.41, 5.74) is 2.67. The summed E-state index contributed by atoms with van der Waals surface area (Å²) < 4.78 is 24.0. The third kappa shape index (κ3) is 4.45. The number of ether oxygens (including phenoxy) is 1. The van der Waals surface area contributed by atoms with Crippen LogP contribution in [0.5, 0.6) is 0 Å². The van der Waals surface area contributed by atoms with Crippen molar-refractivity contribution in [3.05, 3.63) is 69.2 Å². The molecular formula is C21H19FN2O6. The van der Waals surface area contributed by atoms with E-state index in [1.54, 1.807) is 0 Å². The Morgan fingerprint density at radius 2 is 1.93 bits per heavy atom. The van der Waals surface area contributed by atoms with Gasteiger partial charge in [-0.3, -0.25) is 19.7 Å². The fourth-order valence-corrected chi connectivity index (χ4v) is 2.90. The SMILES string of the molecule is Cc1cc2occ(CC(=O)OC(C)C(=O)Nc3ccc(F)c([N+](=O)[O-])c3)c2cc1C. The number of hydrogen-bond acceptors (Lipinski definition) is 6. The Balaban J connectivity index is 1.64. The number of rotatable bonds is 6. The molecule has 8 nitrogen and oxygen atoms in total. The van der Waals surface area contributed by atoms with E-state index in [0.717, 1.165) is 28.6 Å². The van der Waals surface area contributed by atoms with Crippen molar-refractivity contribution < 1.29 is 28.1 Å². The van der Waals surface area contributed by atoms with E-state index in [9.17, 15) is 24.1 Å². The number of fused-ring (bicyclic) bond motifs is 1. The van der Waals surface area contributed by atoms with Crippen molar-refractivity contribution in [1.29, 1.82) is 0 Å². The number of esters is 1. The molecule has 2 aromatic carbocycles. The number of halogens is 1. The van der Waals surface area contributed by atoms with E-state index in [0.29, 0.717) is 11.1 Å². The van der Waals surface area contributed by atoms with Crippen molar-refractivity contribution in [3.63, 3.8) is 0 Å². The summed E-state index contributed by atoms with van der Waals surface area (Å²) in [5, 5.41) is 14.0. The third-order valence-electron chi connectivity index (χ3n) is 4.69. The third-order valence-corrected chi connectivity index (χ3v) is 4.69. The van der Waals surface area contributed by atoms with E-state index in [4.69, 9.17) is 9.15 Å². The van der Waals surface area contributed by atoms with Crippen LogP contribution < -0.4 is 5.32 Å². The highest BCUT2D eigenvalue weighted by molar-refractivity contribution is 5.95. The number of carbonyl (C=O) groups excluding carboxylic acids is 2. The van der Waals surface area contributed by atoms with Crippen molar-refractivity contribution >= 4 is 34.2 Å². The molecule has 30 heavy (non-hydrogen) atoms. The molecule has 0 bridgehead atoms. The Bertz CT molecular complexity index is 1150. The number of nitro benzene ring substituents is 1. The number of furan rings is 1. The monoisotopic (exact) mass is 414 g/mol. The van der Waals surface area contributed by atoms with Crippen molar-refractivity contribution in [3.8, 4) is 0 Å². The van der Waals surface area contributed by atoms with Gasteiger partial charge in [-0.25, -0.2) is 0 Å². The topological polar surface area (TPSA) is 112 Å². The first-order chi connectivity index (χ1) is 14.2. The molecule has 3 aromatic rings. The summed E-state index contributed by atoms with van der Waals surface area (Å²) in [7, 11) is 0. The van der Waals surface area contributed by atoms with Crippen LogP contribution in [0.3, 0.4) is 0 Å². The number of nitrogens with zero attached hydrogens (tertiary/aromatic N) is 1. The van der Waals surface area contributed by atoms with Crippen LogP contribution in [0.2, 0.25) is 0 Å². The van der Waals surface area contributed by atoms with Crippen molar-refractivity contribution in [2.45, 2.75) is 33.3 Å². The zero-order valence-electron chi connectivity index (χ0n) is 16.5. The largest absolute Gasteiger partial charge is 0.464 e. The number of benzene rings is 2. The number of anilines is 1. The predicted octanol–water partition coefficient (Wildman–Crippen LogP) is 4.21. The minimum Gasteiger partial charge on any atom is -0.464 e. The van der Waals surface area contributed by atoms with Crippen LogP contribution >= 0.6 is 0 Å². The van der Waals surface area contributed by atoms with Crippen LogP contribution in [0, 0.1) is 29.8 Å². The summed E-state index contributed by atoms with van der Waals surface area (Å²) in [5.74, 6) is -2.35. The summed E-state index contributed by atoms with van der Waals surface area (Å²) >= 11 is 0. The minimum atomic E-state index is -1.16. The molecule has 156 valence electrons. The van der Waals surface area contributed by atoms with E-state index >= 15 is 0 Å². The zero-order chi connectivity index (χ0) is 22.0. The Kier molecular flexibility index (Phi) is 5.81. The molecule has 1 unspecified atom stereocenters. The van der Waals surface area contributed by atoms with Crippen LogP contribution in [0.15, 0.2) is 41.0 Å². The van der Waals surface area contributed by atoms with Crippen LogP contribution in [0.4, 0.5) is 15.8 Å². The van der Waals surface area contributed by atoms with Crippen LogP contribution in [-0.4, -0.2) is 22.9 Å². The molecule has 0 aliphatic heterocycles. The minimum absolute atomic E-state index is 0.0164. The van der Waals surface area contributed by atoms with Gasteiger partial charge in [0.2, 0.25) is 5.82 Å². The molecule has 1 atom stereocenters. The molecule has 0 spiro atoms. The number of nitro groups is 1. The second kappa shape index (κ2) is 8.32. The summed E-state index contributed by atoms with van der Waals surface area (Å²) in [4.78, 5) is 34.4. The zero-order valence-corrected chi connectivity index (χ0v) is 16.5. The van der Waals surface area contributed by atoms with Crippen LogP contribution in [-0.2, 0) is 20.7 Å². The second-order valence-electron chi connectivity index (χ2n) is 6.91. The molecule has 1 amide bonds. The highest BCUT2D eigenvalue weighted by Gasteiger charge is 2.21. The van der Waals surface area contributed by atoms with Crippen LogP contribution in [0.1, 0.15) is 23.6 Å². The first kappa shape index (κ1) is 21.0. The smallest absolute Gasteiger partial charge is 0.311 e. The lowest BCUT2D eigenvalue weighted by Crippen LogP contribution is -2.30. The molecule has 1 N–H and O–H groups in total. The van der Waals surface area contributed by atoms with Gasteiger partial charge in [-0.1, -0.05) is 0 Å². The first-order valence-corrected chi connectivity index (χ1v) is 9.07. The molecule has 9 heteroatoms. The lowest BCUT2D eigenvalue weighted by molar-refractivity contribution is -0.387.